The number of amides is 1. The zero-order chi connectivity index (χ0) is 24.2. The fourth-order valence-corrected chi connectivity index (χ4v) is 5.20. The van der Waals surface area contributed by atoms with Gasteiger partial charge in [0, 0.05) is 51.2 Å². The van der Waals surface area contributed by atoms with Crippen LogP contribution in [0.4, 0.5) is 5.69 Å². The molecule has 0 bridgehead atoms. The van der Waals surface area contributed by atoms with Gasteiger partial charge in [0.25, 0.3) is 5.91 Å². The lowest BCUT2D eigenvalue weighted by atomic mass is 10.0. The summed E-state index contributed by atoms with van der Waals surface area (Å²) in [6.07, 6.45) is 0.964. The molecule has 1 amide bonds. The number of benzene rings is 2. The molecule has 5 heteroatoms. The highest BCUT2D eigenvalue weighted by Gasteiger charge is 2.22. The third kappa shape index (κ3) is 4.90. The first-order valence-corrected chi connectivity index (χ1v) is 12.4. The van der Waals surface area contributed by atoms with Crippen LogP contribution in [0.2, 0.25) is 0 Å². The molecule has 0 spiro atoms. The highest BCUT2D eigenvalue weighted by molar-refractivity contribution is 5.99. The summed E-state index contributed by atoms with van der Waals surface area (Å²) in [6, 6.07) is 16.9. The van der Waals surface area contributed by atoms with Crippen molar-refractivity contribution in [2.75, 3.05) is 44.2 Å². The van der Waals surface area contributed by atoms with Crippen LogP contribution in [0.15, 0.2) is 48.5 Å². The summed E-state index contributed by atoms with van der Waals surface area (Å²) in [5, 5.41) is 3.17. The Kier molecular flexibility index (Phi) is 7.42. The smallest absolute Gasteiger partial charge is 0.253 e. The standard InChI is InChI=1S/C29H38N4O/c1-21-11-9-14-26(22(21)2)33-19-17-32(18-20-33)16-10-15-30-29(34)27-23(3)28(31(5)24(27)4)25-12-7-6-8-13-25/h6-9,11-14H,10,15-20H2,1-5H3,(H,30,34). The minimum atomic E-state index is 0.0347. The van der Waals surface area contributed by atoms with Crippen LogP contribution in [0.1, 0.15) is 39.2 Å². The number of hydrogen-bond donors (Lipinski definition) is 1. The summed E-state index contributed by atoms with van der Waals surface area (Å²) in [7, 11) is 2.04. The van der Waals surface area contributed by atoms with Crippen LogP contribution in [-0.4, -0.2) is 54.6 Å². The molecule has 2 aromatic carbocycles. The van der Waals surface area contributed by atoms with Gasteiger partial charge in [-0.2, -0.15) is 0 Å². The zero-order valence-corrected chi connectivity index (χ0v) is 21.3. The summed E-state index contributed by atoms with van der Waals surface area (Å²) >= 11 is 0. The van der Waals surface area contributed by atoms with Crippen molar-refractivity contribution in [3.8, 4) is 11.3 Å². The van der Waals surface area contributed by atoms with E-state index in [1.807, 2.05) is 32.2 Å². The number of nitrogens with one attached hydrogen (secondary N) is 1. The van der Waals surface area contributed by atoms with Crippen LogP contribution in [0, 0.1) is 27.7 Å². The van der Waals surface area contributed by atoms with Crippen molar-refractivity contribution in [2.45, 2.75) is 34.1 Å². The second kappa shape index (κ2) is 10.5. The Labute approximate surface area is 204 Å². The molecule has 3 aromatic rings. The highest BCUT2D eigenvalue weighted by atomic mass is 16.1. The van der Waals surface area contributed by atoms with Crippen LogP contribution in [-0.2, 0) is 7.05 Å². The van der Waals surface area contributed by atoms with Crippen LogP contribution in [0.5, 0.6) is 0 Å². The van der Waals surface area contributed by atoms with E-state index < -0.39 is 0 Å². The number of aromatic nitrogens is 1. The minimum Gasteiger partial charge on any atom is -0.369 e. The maximum atomic E-state index is 13.0. The molecular formula is C29H38N4O. The molecule has 1 aliphatic heterocycles. The topological polar surface area (TPSA) is 40.5 Å². The molecule has 0 radical (unpaired) electrons. The molecule has 180 valence electrons. The van der Waals surface area contributed by atoms with Gasteiger partial charge in [0.15, 0.2) is 0 Å². The van der Waals surface area contributed by atoms with Crippen LogP contribution >= 0.6 is 0 Å². The first kappa shape index (κ1) is 24.1. The molecule has 4 rings (SSSR count). The van der Waals surface area contributed by atoms with Crippen molar-refractivity contribution in [3.05, 3.63) is 76.5 Å². The van der Waals surface area contributed by atoms with Crippen LogP contribution < -0.4 is 10.2 Å². The number of carbonyl (C=O) groups is 1. The Balaban J connectivity index is 1.27. The molecule has 1 aliphatic rings. The highest BCUT2D eigenvalue weighted by Crippen LogP contribution is 2.30. The fraction of sp³-hybridized carbons (Fsp3) is 0.414. The fourth-order valence-electron chi connectivity index (χ4n) is 5.20. The van der Waals surface area contributed by atoms with E-state index in [0.29, 0.717) is 6.54 Å². The molecule has 1 N–H and O–H groups in total. The Morgan fingerprint density at radius 1 is 0.882 bits per heavy atom. The monoisotopic (exact) mass is 458 g/mol. The van der Waals surface area contributed by atoms with Gasteiger partial charge < -0.3 is 14.8 Å². The SMILES string of the molecule is Cc1cccc(N2CCN(CCCNC(=O)c3c(C)c(-c4ccccc4)n(C)c3C)CC2)c1C. The van der Waals surface area contributed by atoms with E-state index in [4.69, 9.17) is 0 Å². The number of piperazine rings is 1. The summed E-state index contributed by atoms with van der Waals surface area (Å²) in [5.74, 6) is 0.0347. The molecule has 1 saturated heterocycles. The van der Waals surface area contributed by atoms with Crippen molar-refractivity contribution < 1.29 is 4.79 Å². The minimum absolute atomic E-state index is 0.0347. The second-order valence-electron chi connectivity index (χ2n) is 9.52. The predicted octanol–water partition coefficient (Wildman–Crippen LogP) is 4.87. The van der Waals surface area contributed by atoms with Crippen molar-refractivity contribution in [2.24, 2.45) is 7.05 Å². The van der Waals surface area contributed by atoms with Gasteiger partial charge in [-0.3, -0.25) is 9.69 Å². The lowest BCUT2D eigenvalue weighted by Gasteiger charge is -2.37. The molecule has 2 heterocycles. The van der Waals surface area contributed by atoms with Gasteiger partial charge in [0.1, 0.15) is 0 Å². The van der Waals surface area contributed by atoms with Gasteiger partial charge in [0.2, 0.25) is 0 Å². The average Bonchev–Trinajstić information content (AvgIpc) is 3.07. The summed E-state index contributed by atoms with van der Waals surface area (Å²) in [4.78, 5) is 18.1. The molecule has 0 saturated carbocycles. The van der Waals surface area contributed by atoms with E-state index in [1.54, 1.807) is 0 Å². The van der Waals surface area contributed by atoms with Crippen molar-refractivity contribution >= 4 is 11.6 Å². The second-order valence-corrected chi connectivity index (χ2v) is 9.52. The third-order valence-electron chi connectivity index (χ3n) is 7.43. The van der Waals surface area contributed by atoms with Crippen LogP contribution in [0.25, 0.3) is 11.3 Å². The first-order chi connectivity index (χ1) is 16.4. The predicted molar refractivity (Wildman–Crippen MR) is 142 cm³/mol. The van der Waals surface area contributed by atoms with Gasteiger partial charge in [-0.05, 0) is 69.0 Å². The Morgan fingerprint density at radius 2 is 1.59 bits per heavy atom. The summed E-state index contributed by atoms with van der Waals surface area (Å²) < 4.78 is 2.13. The van der Waals surface area contributed by atoms with Gasteiger partial charge in [-0.1, -0.05) is 42.5 Å². The van der Waals surface area contributed by atoms with E-state index in [-0.39, 0.29) is 5.91 Å². The number of rotatable bonds is 7. The number of nitrogens with zero attached hydrogens (tertiary/aromatic N) is 3. The van der Waals surface area contributed by atoms with E-state index in [1.165, 1.54) is 16.8 Å². The number of aryl methyl sites for hydroxylation is 1. The van der Waals surface area contributed by atoms with Crippen molar-refractivity contribution in [3.63, 3.8) is 0 Å². The van der Waals surface area contributed by atoms with Gasteiger partial charge in [-0.15, -0.1) is 0 Å². The van der Waals surface area contributed by atoms with Crippen molar-refractivity contribution in [1.82, 2.24) is 14.8 Å². The number of anilines is 1. The molecule has 1 fully saturated rings. The lowest BCUT2D eigenvalue weighted by Crippen LogP contribution is -2.47. The molecule has 0 atom stereocenters. The lowest BCUT2D eigenvalue weighted by molar-refractivity contribution is 0.0950. The largest absolute Gasteiger partial charge is 0.369 e. The van der Waals surface area contributed by atoms with Crippen LogP contribution in [0.3, 0.4) is 0 Å². The van der Waals surface area contributed by atoms with Gasteiger partial charge in [-0.25, -0.2) is 0 Å². The molecule has 1 aromatic heterocycles. The zero-order valence-electron chi connectivity index (χ0n) is 21.3. The molecular weight excluding hydrogens is 420 g/mol. The molecule has 0 aliphatic carbocycles. The Morgan fingerprint density at radius 3 is 2.29 bits per heavy atom. The third-order valence-corrected chi connectivity index (χ3v) is 7.43. The Hall–Kier alpha value is -3.05. The number of hydrogen-bond acceptors (Lipinski definition) is 3. The molecule has 0 unspecified atom stereocenters. The molecule has 5 nitrogen and oxygen atoms in total. The normalized spacial score (nSPS) is 14.4. The average molecular weight is 459 g/mol. The molecule has 34 heavy (non-hydrogen) atoms. The Bertz CT molecular complexity index is 1140. The number of carbonyl (C=O) groups excluding carboxylic acids is 1. The first-order valence-electron chi connectivity index (χ1n) is 12.4. The summed E-state index contributed by atoms with van der Waals surface area (Å²) in [5.41, 5.74) is 9.24. The van der Waals surface area contributed by atoms with Gasteiger partial charge in [0.05, 0.1) is 11.3 Å². The maximum absolute atomic E-state index is 13.0. The van der Waals surface area contributed by atoms with E-state index in [9.17, 15) is 4.79 Å². The van der Waals surface area contributed by atoms with Gasteiger partial charge >= 0.3 is 0 Å². The quantitative estimate of drug-likeness (QED) is 0.514. The van der Waals surface area contributed by atoms with Crippen molar-refractivity contribution in [1.29, 1.82) is 0 Å². The van der Waals surface area contributed by atoms with E-state index in [0.717, 1.165) is 67.2 Å². The van der Waals surface area contributed by atoms with E-state index >= 15 is 0 Å². The van der Waals surface area contributed by atoms with E-state index in [2.05, 4.69) is 70.8 Å². The maximum Gasteiger partial charge on any atom is 0.253 e. The summed E-state index contributed by atoms with van der Waals surface area (Å²) in [6.45, 7) is 14.5.